The SMILES string of the molecule is CCN1C(=C(O)c2ccc3ccccc3c2)C(=O)c2ccc(F)cc2S1(=O)=O. The molecule has 0 aliphatic carbocycles. The molecule has 7 heteroatoms. The van der Waals surface area contributed by atoms with Crippen LogP contribution in [-0.4, -0.2) is 30.2 Å². The Morgan fingerprint density at radius 2 is 1.75 bits per heavy atom. The molecule has 0 radical (unpaired) electrons. The van der Waals surface area contributed by atoms with Gasteiger partial charge in [-0.25, -0.2) is 12.8 Å². The number of allylic oxidation sites excluding steroid dienone is 1. The number of fused-ring (bicyclic) bond motifs is 2. The molecular weight excluding hydrogens is 381 g/mol. The molecule has 3 aromatic carbocycles. The van der Waals surface area contributed by atoms with Crippen LogP contribution in [0.15, 0.2) is 71.3 Å². The Bertz CT molecular complexity index is 1260. The number of ketones is 1. The Morgan fingerprint density at radius 3 is 2.46 bits per heavy atom. The van der Waals surface area contributed by atoms with Crippen LogP contribution in [0.2, 0.25) is 0 Å². The second kappa shape index (κ2) is 6.45. The summed E-state index contributed by atoms with van der Waals surface area (Å²) >= 11 is 0. The van der Waals surface area contributed by atoms with Gasteiger partial charge in [0.15, 0.2) is 5.76 Å². The number of rotatable bonds is 2. The zero-order chi connectivity index (χ0) is 20.1. The van der Waals surface area contributed by atoms with Crippen molar-refractivity contribution in [1.82, 2.24) is 4.31 Å². The summed E-state index contributed by atoms with van der Waals surface area (Å²) in [5, 5.41) is 12.6. The van der Waals surface area contributed by atoms with Crippen molar-refractivity contribution in [2.75, 3.05) is 6.54 Å². The van der Waals surface area contributed by atoms with Gasteiger partial charge in [0.05, 0.1) is 0 Å². The fourth-order valence-electron chi connectivity index (χ4n) is 3.40. The van der Waals surface area contributed by atoms with Crippen molar-refractivity contribution in [2.45, 2.75) is 11.8 Å². The van der Waals surface area contributed by atoms with Gasteiger partial charge in [0.25, 0.3) is 10.0 Å². The van der Waals surface area contributed by atoms with Crippen LogP contribution in [0.4, 0.5) is 4.39 Å². The maximum absolute atomic E-state index is 13.6. The highest BCUT2D eigenvalue weighted by Crippen LogP contribution is 2.36. The first kappa shape index (κ1) is 18.2. The summed E-state index contributed by atoms with van der Waals surface area (Å²) < 4.78 is 40.3. The lowest BCUT2D eigenvalue weighted by molar-refractivity contribution is 0.0999. The average Bonchev–Trinajstić information content (AvgIpc) is 2.69. The number of hydrogen-bond donors (Lipinski definition) is 1. The minimum atomic E-state index is -4.18. The molecule has 0 fully saturated rings. The summed E-state index contributed by atoms with van der Waals surface area (Å²) in [4.78, 5) is 12.6. The molecule has 1 N–H and O–H groups in total. The van der Waals surface area contributed by atoms with Crippen molar-refractivity contribution in [3.05, 3.63) is 83.3 Å². The molecule has 0 bridgehead atoms. The van der Waals surface area contributed by atoms with Gasteiger partial charge in [-0.1, -0.05) is 36.4 Å². The molecule has 142 valence electrons. The van der Waals surface area contributed by atoms with Crippen LogP contribution in [0.5, 0.6) is 0 Å². The fourth-order valence-corrected chi connectivity index (χ4v) is 5.09. The van der Waals surface area contributed by atoms with E-state index in [2.05, 4.69) is 0 Å². The quantitative estimate of drug-likeness (QED) is 0.522. The number of carbonyl (C=O) groups is 1. The average molecular weight is 397 g/mol. The van der Waals surface area contributed by atoms with Crippen molar-refractivity contribution < 1.29 is 22.7 Å². The lowest BCUT2D eigenvalue weighted by Gasteiger charge is -2.31. The standard InChI is InChI=1S/C21H16FNO4S/c1-2-23-19(20(24)15-8-7-13-5-3-4-6-14(13)11-15)21(25)17-10-9-16(22)12-18(17)28(23,26)27/h3-12,24H,2H2,1H3. The van der Waals surface area contributed by atoms with E-state index in [0.29, 0.717) is 5.56 Å². The smallest absolute Gasteiger partial charge is 0.265 e. The summed E-state index contributed by atoms with van der Waals surface area (Å²) in [5.74, 6) is -1.86. The van der Waals surface area contributed by atoms with Crippen LogP contribution in [-0.2, 0) is 10.0 Å². The molecule has 0 spiro atoms. The van der Waals surface area contributed by atoms with Crippen molar-refractivity contribution in [1.29, 1.82) is 0 Å². The monoisotopic (exact) mass is 397 g/mol. The Morgan fingerprint density at radius 1 is 1.04 bits per heavy atom. The van der Waals surface area contributed by atoms with Gasteiger partial charge in [0, 0.05) is 17.7 Å². The third-order valence-electron chi connectivity index (χ3n) is 4.76. The Balaban J connectivity index is 1.98. The molecule has 1 aliphatic heterocycles. The van der Waals surface area contributed by atoms with Gasteiger partial charge in [0.2, 0.25) is 5.78 Å². The van der Waals surface area contributed by atoms with E-state index in [9.17, 15) is 22.7 Å². The van der Waals surface area contributed by atoms with Gasteiger partial charge in [-0.2, -0.15) is 0 Å². The maximum atomic E-state index is 13.6. The van der Waals surface area contributed by atoms with Gasteiger partial charge in [-0.05, 0) is 42.0 Å². The second-order valence-corrected chi connectivity index (χ2v) is 8.23. The first-order chi connectivity index (χ1) is 13.3. The second-order valence-electron chi connectivity index (χ2n) is 6.40. The number of Topliss-reactive ketones (excluding diaryl/α,β-unsaturated/α-hetero) is 1. The molecule has 4 rings (SSSR count). The van der Waals surface area contributed by atoms with Crippen molar-refractivity contribution >= 4 is 32.3 Å². The van der Waals surface area contributed by atoms with Crippen molar-refractivity contribution in [2.24, 2.45) is 0 Å². The van der Waals surface area contributed by atoms with E-state index in [1.165, 1.54) is 0 Å². The van der Waals surface area contributed by atoms with Gasteiger partial charge >= 0.3 is 0 Å². The zero-order valence-corrected chi connectivity index (χ0v) is 15.7. The van der Waals surface area contributed by atoms with Gasteiger partial charge in [-0.15, -0.1) is 0 Å². The minimum Gasteiger partial charge on any atom is -0.505 e. The van der Waals surface area contributed by atoms with Gasteiger partial charge in [-0.3, -0.25) is 9.10 Å². The molecule has 28 heavy (non-hydrogen) atoms. The number of nitrogens with zero attached hydrogens (tertiary/aromatic N) is 1. The van der Waals surface area contributed by atoms with Gasteiger partial charge in [0.1, 0.15) is 16.4 Å². The third kappa shape index (κ3) is 2.66. The lowest BCUT2D eigenvalue weighted by atomic mass is 10.0. The number of carbonyl (C=O) groups excluding carboxylic acids is 1. The molecule has 0 aromatic heterocycles. The van der Waals surface area contributed by atoms with Crippen molar-refractivity contribution in [3.8, 4) is 0 Å². The van der Waals surface area contributed by atoms with E-state index < -0.39 is 32.3 Å². The topological polar surface area (TPSA) is 74.7 Å². The molecule has 1 heterocycles. The predicted octanol–water partition coefficient (Wildman–Crippen LogP) is 4.11. The highest BCUT2D eigenvalue weighted by molar-refractivity contribution is 7.89. The van der Waals surface area contributed by atoms with Crippen LogP contribution in [0.1, 0.15) is 22.8 Å². The molecule has 5 nitrogen and oxygen atoms in total. The van der Waals surface area contributed by atoms with Gasteiger partial charge < -0.3 is 5.11 Å². The number of benzene rings is 3. The Kier molecular flexibility index (Phi) is 4.19. The first-order valence-electron chi connectivity index (χ1n) is 8.64. The fraction of sp³-hybridized carbons (Fsp3) is 0.0952. The summed E-state index contributed by atoms with van der Waals surface area (Å²) in [6.45, 7) is 1.46. The summed E-state index contributed by atoms with van der Waals surface area (Å²) in [5.41, 5.74) is -0.174. The molecule has 3 aromatic rings. The molecule has 0 saturated heterocycles. The molecule has 0 saturated carbocycles. The number of likely N-dealkylation sites (N-methyl/N-ethyl adjacent to an activating group) is 1. The minimum absolute atomic E-state index is 0.0863. The van der Waals surface area contributed by atoms with Crippen LogP contribution in [0, 0.1) is 5.82 Å². The molecule has 0 atom stereocenters. The molecular formula is C21H16FNO4S. The molecule has 0 unspecified atom stereocenters. The zero-order valence-electron chi connectivity index (χ0n) is 14.9. The first-order valence-corrected chi connectivity index (χ1v) is 10.1. The van der Waals surface area contributed by atoms with E-state index in [1.807, 2.05) is 24.3 Å². The highest BCUT2D eigenvalue weighted by atomic mass is 32.2. The number of sulfonamides is 1. The van der Waals surface area contributed by atoms with E-state index in [0.717, 1.165) is 33.3 Å². The van der Waals surface area contributed by atoms with E-state index in [-0.39, 0.29) is 17.8 Å². The van der Waals surface area contributed by atoms with E-state index >= 15 is 0 Å². The van der Waals surface area contributed by atoms with Crippen LogP contribution < -0.4 is 0 Å². The summed E-state index contributed by atoms with van der Waals surface area (Å²) in [7, 11) is -4.18. The Hall–Kier alpha value is -3.19. The van der Waals surface area contributed by atoms with Crippen LogP contribution >= 0.6 is 0 Å². The summed E-state index contributed by atoms with van der Waals surface area (Å²) in [6, 6.07) is 15.6. The maximum Gasteiger partial charge on any atom is 0.265 e. The third-order valence-corrected chi connectivity index (χ3v) is 6.67. The number of aliphatic hydroxyl groups excluding tert-OH is 1. The Labute approximate surface area is 161 Å². The largest absolute Gasteiger partial charge is 0.505 e. The predicted molar refractivity (Wildman–Crippen MR) is 104 cm³/mol. The van der Waals surface area contributed by atoms with Crippen molar-refractivity contribution in [3.63, 3.8) is 0 Å². The van der Waals surface area contributed by atoms with Crippen LogP contribution in [0.25, 0.3) is 16.5 Å². The van der Waals surface area contributed by atoms with E-state index in [4.69, 9.17) is 0 Å². The molecule has 0 amide bonds. The number of aliphatic hydroxyl groups is 1. The highest BCUT2D eigenvalue weighted by Gasteiger charge is 2.41. The van der Waals surface area contributed by atoms with E-state index in [1.54, 1.807) is 25.1 Å². The number of hydrogen-bond acceptors (Lipinski definition) is 4. The molecule has 1 aliphatic rings. The normalized spacial score (nSPS) is 17.5. The van der Waals surface area contributed by atoms with Crippen LogP contribution in [0.3, 0.4) is 0 Å². The lowest BCUT2D eigenvalue weighted by Crippen LogP contribution is -2.39. The summed E-state index contributed by atoms with van der Waals surface area (Å²) in [6.07, 6.45) is 0. The number of halogens is 1.